The fourth-order valence-corrected chi connectivity index (χ4v) is 2.94. The van der Waals surface area contributed by atoms with Crippen LogP contribution in [0.4, 0.5) is 5.69 Å². The lowest BCUT2D eigenvalue weighted by molar-refractivity contribution is -0.384. The van der Waals surface area contributed by atoms with Crippen LogP contribution in [-0.4, -0.2) is 19.9 Å². The number of benzene rings is 2. The molecule has 6 nitrogen and oxygen atoms in total. The van der Waals surface area contributed by atoms with Gasteiger partial charge in [-0.3, -0.25) is 10.1 Å². The Labute approximate surface area is 145 Å². The van der Waals surface area contributed by atoms with Gasteiger partial charge in [0.25, 0.3) is 5.69 Å². The molecule has 0 saturated heterocycles. The normalized spacial score (nSPS) is 10.7. The summed E-state index contributed by atoms with van der Waals surface area (Å²) in [5.74, 6) is 0. The van der Waals surface area contributed by atoms with Crippen LogP contribution >= 0.6 is 27.5 Å². The van der Waals surface area contributed by atoms with Gasteiger partial charge in [-0.15, -0.1) is 5.10 Å². The molecule has 0 bridgehead atoms. The Bertz CT molecular complexity index is 867. The van der Waals surface area contributed by atoms with E-state index in [0.717, 1.165) is 5.56 Å². The summed E-state index contributed by atoms with van der Waals surface area (Å²) in [5.41, 5.74) is 1.53. The average molecular weight is 394 g/mol. The highest BCUT2D eigenvalue weighted by Gasteiger charge is 2.24. The van der Waals surface area contributed by atoms with E-state index in [1.54, 1.807) is 10.7 Å². The molecule has 1 aromatic heterocycles. The number of aromatic nitrogens is 3. The molecule has 2 aromatic carbocycles. The van der Waals surface area contributed by atoms with Gasteiger partial charge in [-0.25, -0.2) is 4.68 Å². The third kappa shape index (κ3) is 3.11. The van der Waals surface area contributed by atoms with E-state index >= 15 is 0 Å². The first-order valence-corrected chi connectivity index (χ1v) is 7.81. The van der Waals surface area contributed by atoms with Crippen molar-refractivity contribution in [2.75, 3.05) is 0 Å². The highest BCUT2D eigenvalue weighted by atomic mass is 79.9. The van der Waals surface area contributed by atoms with Gasteiger partial charge in [0.15, 0.2) is 0 Å². The van der Waals surface area contributed by atoms with Crippen molar-refractivity contribution in [3.8, 4) is 11.3 Å². The Morgan fingerprint density at radius 1 is 1.17 bits per heavy atom. The molecule has 3 rings (SSSR count). The Hall–Kier alpha value is -2.25. The molecule has 0 aliphatic rings. The predicted octanol–water partition coefficient (Wildman–Crippen LogP) is 4.32. The summed E-state index contributed by atoms with van der Waals surface area (Å²) in [6.07, 6.45) is 0. The minimum atomic E-state index is -0.482. The molecule has 116 valence electrons. The van der Waals surface area contributed by atoms with Crippen LogP contribution in [0.1, 0.15) is 5.56 Å². The van der Waals surface area contributed by atoms with Crippen LogP contribution in [0.25, 0.3) is 11.3 Å². The van der Waals surface area contributed by atoms with Crippen molar-refractivity contribution in [3.63, 3.8) is 0 Å². The van der Waals surface area contributed by atoms with Gasteiger partial charge in [0.2, 0.25) is 0 Å². The highest BCUT2D eigenvalue weighted by molar-refractivity contribution is 9.10. The van der Waals surface area contributed by atoms with Gasteiger partial charge in [-0.2, -0.15) is 0 Å². The molecule has 0 unspecified atom stereocenters. The van der Waals surface area contributed by atoms with Gasteiger partial charge in [0.1, 0.15) is 15.9 Å². The minimum absolute atomic E-state index is 0.107. The molecular weight excluding hydrogens is 384 g/mol. The summed E-state index contributed by atoms with van der Waals surface area (Å²) in [6, 6.07) is 14.2. The lowest BCUT2D eigenvalue weighted by Crippen LogP contribution is -2.02. The Kier molecular flexibility index (Phi) is 4.40. The largest absolute Gasteiger partial charge is 0.280 e. The second-order valence-electron chi connectivity index (χ2n) is 4.76. The zero-order valence-corrected chi connectivity index (χ0v) is 14.0. The smallest absolute Gasteiger partial charge is 0.258 e. The van der Waals surface area contributed by atoms with E-state index in [1.165, 1.54) is 12.1 Å². The van der Waals surface area contributed by atoms with E-state index in [0.29, 0.717) is 16.8 Å². The molecule has 3 aromatic rings. The number of nitrogens with zero attached hydrogens (tertiary/aromatic N) is 4. The van der Waals surface area contributed by atoms with E-state index < -0.39 is 4.92 Å². The first kappa shape index (κ1) is 15.6. The van der Waals surface area contributed by atoms with Crippen LogP contribution in [0.2, 0.25) is 5.02 Å². The summed E-state index contributed by atoms with van der Waals surface area (Å²) in [7, 11) is 0. The molecule has 0 aliphatic heterocycles. The zero-order chi connectivity index (χ0) is 16.4. The summed E-state index contributed by atoms with van der Waals surface area (Å²) >= 11 is 9.57. The summed E-state index contributed by atoms with van der Waals surface area (Å²) in [6.45, 7) is 0.493. The van der Waals surface area contributed by atoms with Gasteiger partial charge < -0.3 is 0 Å². The Morgan fingerprint density at radius 2 is 1.91 bits per heavy atom. The van der Waals surface area contributed by atoms with Gasteiger partial charge in [-0.1, -0.05) is 53.2 Å². The lowest BCUT2D eigenvalue weighted by atomic mass is 10.1. The first-order chi connectivity index (χ1) is 11.1. The van der Waals surface area contributed by atoms with Crippen molar-refractivity contribution in [2.24, 2.45) is 0 Å². The molecule has 0 N–H and O–H groups in total. The molecule has 23 heavy (non-hydrogen) atoms. The number of hydrogen-bond acceptors (Lipinski definition) is 4. The number of nitro groups is 1. The molecule has 0 spiro atoms. The van der Waals surface area contributed by atoms with Crippen molar-refractivity contribution >= 4 is 33.2 Å². The fourth-order valence-electron chi connectivity index (χ4n) is 2.21. The van der Waals surface area contributed by atoms with Crippen molar-refractivity contribution in [1.29, 1.82) is 0 Å². The molecule has 0 aliphatic carbocycles. The van der Waals surface area contributed by atoms with E-state index in [9.17, 15) is 10.1 Å². The molecule has 0 amide bonds. The maximum atomic E-state index is 11.2. The molecule has 1 heterocycles. The average Bonchev–Trinajstić information content (AvgIpc) is 2.89. The fraction of sp³-hybridized carbons (Fsp3) is 0.0667. The number of nitro benzene ring substituents is 1. The zero-order valence-electron chi connectivity index (χ0n) is 11.7. The van der Waals surface area contributed by atoms with Crippen LogP contribution < -0.4 is 0 Å². The summed E-state index contributed by atoms with van der Waals surface area (Å²) in [5, 5.41) is 19.6. The topological polar surface area (TPSA) is 73.8 Å². The minimum Gasteiger partial charge on any atom is -0.258 e. The molecule has 0 fully saturated rings. The quantitative estimate of drug-likeness (QED) is 0.489. The molecule has 0 radical (unpaired) electrons. The van der Waals surface area contributed by atoms with Gasteiger partial charge in [0, 0.05) is 6.07 Å². The van der Waals surface area contributed by atoms with Gasteiger partial charge in [0.05, 0.1) is 16.5 Å². The Balaban J connectivity index is 2.05. The van der Waals surface area contributed by atoms with Crippen LogP contribution in [0, 0.1) is 10.1 Å². The SMILES string of the molecule is O=[N+]([O-])c1cccc(Cl)c1-c1nnn(Cc2ccccc2)c1Br. The molecule has 0 saturated carbocycles. The number of rotatable bonds is 4. The third-order valence-corrected chi connectivity index (χ3v) is 4.37. The third-order valence-electron chi connectivity index (χ3n) is 3.27. The standard InChI is InChI=1S/C15H10BrClN4O2/c16-15-14(13-11(17)7-4-8-12(13)21(22)23)18-19-20(15)9-10-5-2-1-3-6-10/h1-8H,9H2. The summed E-state index contributed by atoms with van der Waals surface area (Å²) in [4.78, 5) is 10.8. The van der Waals surface area contributed by atoms with Crippen LogP contribution in [-0.2, 0) is 6.54 Å². The van der Waals surface area contributed by atoms with Crippen molar-refractivity contribution in [2.45, 2.75) is 6.54 Å². The highest BCUT2D eigenvalue weighted by Crippen LogP contribution is 2.38. The van der Waals surface area contributed by atoms with Crippen molar-refractivity contribution < 1.29 is 4.92 Å². The maximum absolute atomic E-state index is 11.2. The molecule has 0 atom stereocenters. The molecular formula is C15H10BrClN4O2. The first-order valence-electron chi connectivity index (χ1n) is 6.64. The van der Waals surface area contributed by atoms with Crippen LogP contribution in [0.15, 0.2) is 53.1 Å². The van der Waals surface area contributed by atoms with Crippen molar-refractivity contribution in [1.82, 2.24) is 15.0 Å². The number of halogens is 2. The molecule has 8 heteroatoms. The van der Waals surface area contributed by atoms with E-state index in [-0.39, 0.29) is 16.3 Å². The monoisotopic (exact) mass is 392 g/mol. The Morgan fingerprint density at radius 3 is 2.61 bits per heavy atom. The second kappa shape index (κ2) is 6.47. The predicted molar refractivity (Wildman–Crippen MR) is 90.4 cm³/mol. The maximum Gasteiger partial charge on any atom is 0.280 e. The van der Waals surface area contributed by atoms with Crippen LogP contribution in [0.3, 0.4) is 0 Å². The van der Waals surface area contributed by atoms with Gasteiger partial charge >= 0.3 is 0 Å². The van der Waals surface area contributed by atoms with E-state index in [1.807, 2.05) is 30.3 Å². The van der Waals surface area contributed by atoms with Crippen LogP contribution in [0.5, 0.6) is 0 Å². The van der Waals surface area contributed by atoms with Gasteiger partial charge in [-0.05, 0) is 27.6 Å². The van der Waals surface area contributed by atoms with E-state index in [2.05, 4.69) is 26.2 Å². The lowest BCUT2D eigenvalue weighted by Gasteiger charge is -2.04. The van der Waals surface area contributed by atoms with Crippen molar-refractivity contribution in [3.05, 3.63) is 73.8 Å². The second-order valence-corrected chi connectivity index (χ2v) is 5.92. The summed E-state index contributed by atoms with van der Waals surface area (Å²) < 4.78 is 2.16. The number of hydrogen-bond donors (Lipinski definition) is 0. The van der Waals surface area contributed by atoms with E-state index in [4.69, 9.17) is 11.6 Å².